The Morgan fingerprint density at radius 2 is 1.96 bits per heavy atom. The summed E-state index contributed by atoms with van der Waals surface area (Å²) in [6.07, 6.45) is 1.58. The maximum absolute atomic E-state index is 12.2. The first-order chi connectivity index (χ1) is 12.0. The maximum atomic E-state index is 12.2. The number of ether oxygens (including phenoxy) is 1. The van der Waals surface area contributed by atoms with Gasteiger partial charge in [0.1, 0.15) is 0 Å². The smallest absolute Gasteiger partial charge is 0.260 e. The minimum Gasteiger partial charge on any atom is -0.504 e. The number of phenolic OH excluding ortho intramolecular Hbond substituents is 1. The van der Waals surface area contributed by atoms with Crippen LogP contribution in [0.25, 0.3) is 5.57 Å². The summed E-state index contributed by atoms with van der Waals surface area (Å²) in [6, 6.07) is 10.2. The Morgan fingerprint density at radius 1 is 1.16 bits per heavy atom. The van der Waals surface area contributed by atoms with Crippen LogP contribution in [0.15, 0.2) is 47.1 Å². The molecule has 2 aromatic rings. The zero-order chi connectivity index (χ0) is 18.0. The van der Waals surface area contributed by atoms with Crippen molar-refractivity contribution in [2.75, 3.05) is 7.11 Å². The van der Waals surface area contributed by atoms with Crippen LogP contribution in [-0.2, 0) is 11.3 Å². The van der Waals surface area contributed by atoms with Gasteiger partial charge >= 0.3 is 0 Å². The molecule has 3 N–H and O–H groups in total. The van der Waals surface area contributed by atoms with Crippen LogP contribution in [0.2, 0.25) is 0 Å². The van der Waals surface area contributed by atoms with E-state index in [4.69, 9.17) is 4.74 Å². The fraction of sp³-hybridized carbons (Fsp3) is 0.111. The molecule has 1 aliphatic heterocycles. The predicted octanol–water partition coefficient (Wildman–Crippen LogP) is 2.56. The number of hydrogen-bond acceptors (Lipinski definition) is 5. The number of aromatic hydroxyl groups is 1. The van der Waals surface area contributed by atoms with Crippen molar-refractivity contribution in [3.8, 4) is 11.5 Å². The molecule has 128 valence electrons. The van der Waals surface area contributed by atoms with Gasteiger partial charge in [-0.25, -0.2) is 0 Å². The molecule has 0 saturated carbocycles. The number of halogens is 1. The molecule has 0 bridgehead atoms. The van der Waals surface area contributed by atoms with Crippen molar-refractivity contribution in [2.45, 2.75) is 6.54 Å². The normalized spacial score (nSPS) is 14.9. The Labute approximate surface area is 152 Å². The van der Waals surface area contributed by atoms with Gasteiger partial charge < -0.3 is 15.2 Å². The van der Waals surface area contributed by atoms with Gasteiger partial charge in [0, 0.05) is 28.3 Å². The topological polar surface area (TPSA) is 87.7 Å². The van der Waals surface area contributed by atoms with Crippen LogP contribution in [0, 0.1) is 0 Å². The molecule has 6 nitrogen and oxygen atoms in total. The van der Waals surface area contributed by atoms with Gasteiger partial charge in [0.15, 0.2) is 11.5 Å². The minimum absolute atomic E-state index is 0.0635. The highest BCUT2D eigenvalue weighted by Gasteiger charge is 2.27. The van der Waals surface area contributed by atoms with E-state index < -0.39 is 11.8 Å². The summed E-state index contributed by atoms with van der Waals surface area (Å²) in [4.78, 5) is 24.1. The Hall–Kier alpha value is -2.80. The Morgan fingerprint density at radius 3 is 2.72 bits per heavy atom. The van der Waals surface area contributed by atoms with Crippen molar-refractivity contribution in [2.24, 2.45) is 0 Å². The van der Waals surface area contributed by atoms with Crippen LogP contribution in [0.1, 0.15) is 21.5 Å². The number of phenols is 1. The molecule has 25 heavy (non-hydrogen) atoms. The van der Waals surface area contributed by atoms with Crippen LogP contribution in [-0.4, -0.2) is 24.0 Å². The molecular weight excluding hydrogens is 388 g/mol. The molecule has 3 rings (SSSR count). The number of rotatable bonds is 4. The van der Waals surface area contributed by atoms with Gasteiger partial charge in [0.25, 0.3) is 11.8 Å². The van der Waals surface area contributed by atoms with Gasteiger partial charge in [-0.05, 0) is 35.9 Å². The summed E-state index contributed by atoms with van der Waals surface area (Å²) in [7, 11) is 1.48. The van der Waals surface area contributed by atoms with Crippen molar-refractivity contribution in [3.05, 3.63) is 63.8 Å². The number of carbonyl (C=O) groups excluding carboxylic acids is 2. The van der Waals surface area contributed by atoms with Crippen molar-refractivity contribution in [1.82, 2.24) is 10.6 Å². The largest absolute Gasteiger partial charge is 0.504 e. The first kappa shape index (κ1) is 17.0. The number of amides is 2. The monoisotopic (exact) mass is 402 g/mol. The summed E-state index contributed by atoms with van der Waals surface area (Å²) >= 11 is 3.36. The van der Waals surface area contributed by atoms with Crippen molar-refractivity contribution >= 4 is 33.3 Å². The van der Waals surface area contributed by atoms with Crippen LogP contribution < -0.4 is 15.4 Å². The minimum atomic E-state index is -0.452. The van der Waals surface area contributed by atoms with E-state index in [0.29, 0.717) is 29.0 Å². The third-order valence-electron chi connectivity index (χ3n) is 3.78. The molecule has 0 saturated heterocycles. The molecule has 1 aliphatic rings. The summed E-state index contributed by atoms with van der Waals surface area (Å²) in [5.74, 6) is -0.421. The first-order valence-electron chi connectivity index (χ1n) is 7.44. The molecule has 0 atom stereocenters. The standard InChI is InChI=1S/C18H15BrN2O4/c1-25-16-6-10(2-5-15(16)22)8-20-9-14-13-7-11(19)3-4-12(13)17(23)21-18(14)24/h2-7,9,20,22H,8H2,1H3,(H,21,23,24). The lowest BCUT2D eigenvalue weighted by Gasteiger charge is -2.18. The Bertz CT molecular complexity index is 893. The van der Waals surface area contributed by atoms with Gasteiger partial charge in [0.2, 0.25) is 0 Å². The van der Waals surface area contributed by atoms with Crippen molar-refractivity contribution in [1.29, 1.82) is 0 Å². The Kier molecular flexibility index (Phi) is 4.76. The summed E-state index contributed by atoms with van der Waals surface area (Å²) < 4.78 is 5.85. The van der Waals surface area contributed by atoms with E-state index in [1.54, 1.807) is 42.6 Å². The third kappa shape index (κ3) is 3.51. The highest BCUT2D eigenvalue weighted by Crippen LogP contribution is 2.28. The maximum Gasteiger partial charge on any atom is 0.260 e. The molecule has 2 aromatic carbocycles. The lowest BCUT2D eigenvalue weighted by molar-refractivity contribution is -0.114. The molecule has 0 unspecified atom stereocenters. The Balaban J connectivity index is 1.84. The zero-order valence-electron chi connectivity index (χ0n) is 13.3. The second-order valence-corrected chi connectivity index (χ2v) is 6.33. The fourth-order valence-electron chi connectivity index (χ4n) is 2.54. The molecular formula is C18H15BrN2O4. The van der Waals surface area contributed by atoms with E-state index in [1.165, 1.54) is 7.11 Å². The van der Waals surface area contributed by atoms with Crippen LogP contribution >= 0.6 is 15.9 Å². The van der Waals surface area contributed by atoms with Crippen LogP contribution in [0.3, 0.4) is 0 Å². The number of hydrogen-bond donors (Lipinski definition) is 3. The summed E-state index contributed by atoms with van der Waals surface area (Å²) in [5.41, 5.74) is 2.26. The first-order valence-corrected chi connectivity index (χ1v) is 8.24. The average Bonchev–Trinajstić information content (AvgIpc) is 2.58. The fourth-order valence-corrected chi connectivity index (χ4v) is 2.90. The molecule has 7 heteroatoms. The van der Waals surface area contributed by atoms with E-state index in [0.717, 1.165) is 10.0 Å². The number of methoxy groups -OCH3 is 1. The zero-order valence-corrected chi connectivity index (χ0v) is 14.9. The number of benzene rings is 2. The number of imide groups is 1. The summed E-state index contributed by atoms with van der Waals surface area (Å²) in [6.45, 7) is 0.421. The second kappa shape index (κ2) is 6.98. The van der Waals surface area contributed by atoms with E-state index in [9.17, 15) is 14.7 Å². The lowest BCUT2D eigenvalue weighted by atomic mass is 9.95. The van der Waals surface area contributed by atoms with E-state index >= 15 is 0 Å². The van der Waals surface area contributed by atoms with Crippen molar-refractivity contribution in [3.63, 3.8) is 0 Å². The molecule has 0 aliphatic carbocycles. The summed E-state index contributed by atoms with van der Waals surface area (Å²) in [5, 5.41) is 15.0. The van der Waals surface area contributed by atoms with E-state index in [-0.39, 0.29) is 5.75 Å². The van der Waals surface area contributed by atoms with Gasteiger partial charge in [-0.3, -0.25) is 14.9 Å². The molecule has 2 amide bonds. The molecule has 1 heterocycles. The quantitative estimate of drug-likeness (QED) is 0.540. The number of nitrogens with one attached hydrogen (secondary N) is 2. The average molecular weight is 403 g/mol. The number of fused-ring (bicyclic) bond motifs is 1. The van der Waals surface area contributed by atoms with Crippen LogP contribution in [0.5, 0.6) is 11.5 Å². The highest BCUT2D eigenvalue weighted by molar-refractivity contribution is 9.10. The van der Waals surface area contributed by atoms with E-state index in [1.807, 2.05) is 0 Å². The SMILES string of the molecule is COc1cc(CNC=C2C(=O)NC(=O)c3ccc(Br)cc32)ccc1O. The third-order valence-corrected chi connectivity index (χ3v) is 4.28. The van der Waals surface area contributed by atoms with Gasteiger partial charge in [-0.15, -0.1) is 0 Å². The highest BCUT2D eigenvalue weighted by atomic mass is 79.9. The van der Waals surface area contributed by atoms with Crippen LogP contribution in [0.4, 0.5) is 0 Å². The molecule has 0 radical (unpaired) electrons. The van der Waals surface area contributed by atoms with Gasteiger partial charge in [-0.1, -0.05) is 22.0 Å². The van der Waals surface area contributed by atoms with Gasteiger partial charge in [-0.2, -0.15) is 0 Å². The molecule has 0 fully saturated rings. The second-order valence-electron chi connectivity index (χ2n) is 5.42. The predicted molar refractivity (Wildman–Crippen MR) is 96.1 cm³/mol. The number of carbonyl (C=O) groups is 2. The molecule has 0 spiro atoms. The molecule has 0 aromatic heterocycles. The van der Waals surface area contributed by atoms with Gasteiger partial charge in [0.05, 0.1) is 12.7 Å². The van der Waals surface area contributed by atoms with E-state index in [2.05, 4.69) is 26.6 Å². The van der Waals surface area contributed by atoms with Crippen molar-refractivity contribution < 1.29 is 19.4 Å². The lowest BCUT2D eigenvalue weighted by Crippen LogP contribution is -2.37.